The van der Waals surface area contributed by atoms with Crippen molar-refractivity contribution in [3.8, 4) is 0 Å². The maximum Gasteiger partial charge on any atom is 0.0607 e. The topological polar surface area (TPSA) is 15.3 Å². The molecule has 98 valence electrons. The molecule has 0 unspecified atom stereocenters. The molecule has 3 rings (SSSR count). The molecule has 1 aromatic carbocycles. The molecule has 2 heteroatoms. The summed E-state index contributed by atoms with van der Waals surface area (Å²) in [7, 11) is 0. The van der Waals surface area contributed by atoms with Crippen molar-refractivity contribution in [1.29, 1.82) is 0 Å². The zero-order valence-corrected chi connectivity index (χ0v) is 11.6. The quantitative estimate of drug-likeness (QED) is 0.804. The fourth-order valence-electron chi connectivity index (χ4n) is 3.80. The highest BCUT2D eigenvalue weighted by atomic mass is 15.3. The van der Waals surface area contributed by atoms with Crippen LogP contribution in [0.15, 0.2) is 18.2 Å². The fourth-order valence-corrected chi connectivity index (χ4v) is 3.80. The van der Waals surface area contributed by atoms with Gasteiger partial charge in [-0.15, -0.1) is 0 Å². The second kappa shape index (κ2) is 4.49. The Hall–Kier alpha value is -1.18. The minimum absolute atomic E-state index is 0.384. The van der Waals surface area contributed by atoms with Gasteiger partial charge in [-0.05, 0) is 44.4 Å². The third-order valence-corrected chi connectivity index (χ3v) is 4.72. The van der Waals surface area contributed by atoms with Crippen LogP contribution in [-0.4, -0.2) is 18.6 Å². The van der Waals surface area contributed by atoms with Crippen LogP contribution in [0.3, 0.4) is 0 Å². The Morgan fingerprint density at radius 2 is 2.00 bits per heavy atom. The SMILES string of the molecule is CCN1c2ccc(C)cc2NCC12CCCCC2. The van der Waals surface area contributed by atoms with Crippen LogP contribution in [0.25, 0.3) is 0 Å². The number of benzene rings is 1. The summed E-state index contributed by atoms with van der Waals surface area (Å²) in [4.78, 5) is 2.66. The first-order valence-corrected chi connectivity index (χ1v) is 7.37. The third kappa shape index (κ3) is 1.79. The molecular weight excluding hydrogens is 220 g/mol. The van der Waals surface area contributed by atoms with E-state index in [0.717, 1.165) is 13.1 Å². The van der Waals surface area contributed by atoms with E-state index >= 15 is 0 Å². The van der Waals surface area contributed by atoms with E-state index in [4.69, 9.17) is 0 Å². The van der Waals surface area contributed by atoms with Gasteiger partial charge >= 0.3 is 0 Å². The first-order valence-electron chi connectivity index (χ1n) is 7.37. The van der Waals surface area contributed by atoms with Gasteiger partial charge in [0, 0.05) is 13.1 Å². The minimum atomic E-state index is 0.384. The summed E-state index contributed by atoms with van der Waals surface area (Å²) in [6, 6.07) is 6.83. The Kier molecular flexibility index (Phi) is 2.96. The monoisotopic (exact) mass is 244 g/mol. The Labute approximate surface area is 110 Å². The molecular formula is C16H24N2. The van der Waals surface area contributed by atoms with Crippen LogP contribution in [0.2, 0.25) is 0 Å². The summed E-state index contributed by atoms with van der Waals surface area (Å²) in [5, 5.41) is 3.69. The number of anilines is 2. The normalized spacial score (nSPS) is 21.6. The number of rotatable bonds is 1. The van der Waals surface area contributed by atoms with Crippen molar-refractivity contribution in [1.82, 2.24) is 0 Å². The van der Waals surface area contributed by atoms with Crippen molar-refractivity contribution in [2.45, 2.75) is 51.5 Å². The van der Waals surface area contributed by atoms with Crippen LogP contribution in [0.4, 0.5) is 11.4 Å². The summed E-state index contributed by atoms with van der Waals surface area (Å²) in [6.45, 7) is 6.71. The number of aryl methyl sites for hydroxylation is 1. The summed E-state index contributed by atoms with van der Waals surface area (Å²) in [5.41, 5.74) is 4.47. The number of nitrogens with zero attached hydrogens (tertiary/aromatic N) is 1. The van der Waals surface area contributed by atoms with Crippen LogP contribution in [-0.2, 0) is 0 Å². The molecule has 0 atom stereocenters. The first kappa shape index (κ1) is 11.9. The van der Waals surface area contributed by atoms with Gasteiger partial charge in [0.25, 0.3) is 0 Å². The number of likely N-dealkylation sites (N-methyl/N-ethyl adjacent to an activating group) is 1. The van der Waals surface area contributed by atoms with Crippen molar-refractivity contribution in [2.24, 2.45) is 0 Å². The van der Waals surface area contributed by atoms with E-state index in [1.54, 1.807) is 0 Å². The van der Waals surface area contributed by atoms with E-state index in [2.05, 4.69) is 42.3 Å². The van der Waals surface area contributed by atoms with Gasteiger partial charge in [-0.25, -0.2) is 0 Å². The van der Waals surface area contributed by atoms with Gasteiger partial charge in [0.1, 0.15) is 0 Å². The van der Waals surface area contributed by atoms with Crippen LogP contribution >= 0.6 is 0 Å². The molecule has 2 aliphatic rings. The van der Waals surface area contributed by atoms with Gasteiger partial charge in [0.05, 0.1) is 16.9 Å². The van der Waals surface area contributed by atoms with Gasteiger partial charge in [-0.2, -0.15) is 0 Å². The molecule has 1 aliphatic heterocycles. The minimum Gasteiger partial charge on any atom is -0.381 e. The van der Waals surface area contributed by atoms with E-state index < -0.39 is 0 Å². The predicted octanol–water partition coefficient (Wildman–Crippen LogP) is 3.95. The molecule has 1 aromatic rings. The fraction of sp³-hybridized carbons (Fsp3) is 0.625. The lowest BCUT2D eigenvalue weighted by Gasteiger charge is -2.51. The van der Waals surface area contributed by atoms with Crippen molar-refractivity contribution in [3.05, 3.63) is 23.8 Å². The summed E-state index contributed by atoms with van der Waals surface area (Å²) >= 11 is 0. The average Bonchev–Trinajstić information content (AvgIpc) is 2.40. The van der Waals surface area contributed by atoms with Gasteiger partial charge in [-0.1, -0.05) is 25.3 Å². The van der Waals surface area contributed by atoms with Crippen LogP contribution in [0.5, 0.6) is 0 Å². The summed E-state index contributed by atoms with van der Waals surface area (Å²) in [6.07, 6.45) is 6.89. The zero-order chi connectivity index (χ0) is 12.6. The summed E-state index contributed by atoms with van der Waals surface area (Å²) in [5.74, 6) is 0. The molecule has 1 saturated carbocycles. The molecule has 2 nitrogen and oxygen atoms in total. The highest BCUT2D eigenvalue weighted by molar-refractivity contribution is 5.74. The molecule has 1 spiro atoms. The van der Waals surface area contributed by atoms with Crippen LogP contribution in [0, 0.1) is 6.92 Å². The molecule has 1 fully saturated rings. The second-order valence-corrected chi connectivity index (χ2v) is 5.90. The third-order valence-electron chi connectivity index (χ3n) is 4.72. The molecule has 1 aliphatic carbocycles. The van der Waals surface area contributed by atoms with E-state index in [0.29, 0.717) is 5.54 Å². The molecule has 0 bridgehead atoms. The Morgan fingerprint density at radius 3 is 2.72 bits per heavy atom. The van der Waals surface area contributed by atoms with E-state index in [9.17, 15) is 0 Å². The van der Waals surface area contributed by atoms with Crippen molar-refractivity contribution in [3.63, 3.8) is 0 Å². The van der Waals surface area contributed by atoms with Gasteiger partial charge in [0.2, 0.25) is 0 Å². The van der Waals surface area contributed by atoms with E-state index in [1.807, 2.05) is 0 Å². The standard InChI is InChI=1S/C16H24N2/c1-3-18-15-8-7-13(2)11-14(15)17-12-16(18)9-5-4-6-10-16/h7-8,11,17H,3-6,9-10,12H2,1-2H3. The van der Waals surface area contributed by atoms with Crippen LogP contribution < -0.4 is 10.2 Å². The largest absolute Gasteiger partial charge is 0.381 e. The molecule has 0 amide bonds. The van der Waals surface area contributed by atoms with E-state index in [-0.39, 0.29) is 0 Å². The Morgan fingerprint density at radius 1 is 1.22 bits per heavy atom. The number of fused-ring (bicyclic) bond motifs is 1. The maximum atomic E-state index is 3.69. The second-order valence-electron chi connectivity index (χ2n) is 5.90. The summed E-state index contributed by atoms with van der Waals surface area (Å²) < 4.78 is 0. The maximum absolute atomic E-state index is 3.69. The van der Waals surface area contributed by atoms with Crippen molar-refractivity contribution in [2.75, 3.05) is 23.3 Å². The predicted molar refractivity (Wildman–Crippen MR) is 78.5 cm³/mol. The number of hydrogen-bond donors (Lipinski definition) is 1. The lowest BCUT2D eigenvalue weighted by atomic mass is 9.78. The van der Waals surface area contributed by atoms with Crippen LogP contribution in [0.1, 0.15) is 44.6 Å². The average molecular weight is 244 g/mol. The molecule has 1 heterocycles. The Balaban J connectivity index is 2.00. The van der Waals surface area contributed by atoms with Crippen molar-refractivity contribution < 1.29 is 0 Å². The number of nitrogens with one attached hydrogen (secondary N) is 1. The van der Waals surface area contributed by atoms with E-state index in [1.165, 1.54) is 49.0 Å². The molecule has 0 radical (unpaired) electrons. The van der Waals surface area contributed by atoms with Gasteiger partial charge < -0.3 is 10.2 Å². The molecule has 0 aromatic heterocycles. The highest BCUT2D eigenvalue weighted by Gasteiger charge is 2.40. The lowest BCUT2D eigenvalue weighted by molar-refractivity contribution is 0.285. The first-order chi connectivity index (χ1) is 8.75. The van der Waals surface area contributed by atoms with Gasteiger partial charge in [-0.3, -0.25) is 0 Å². The smallest absolute Gasteiger partial charge is 0.0607 e. The molecule has 1 N–H and O–H groups in total. The highest BCUT2D eigenvalue weighted by Crippen LogP contribution is 2.43. The van der Waals surface area contributed by atoms with Crippen molar-refractivity contribution >= 4 is 11.4 Å². The lowest BCUT2D eigenvalue weighted by Crippen LogP contribution is -2.57. The zero-order valence-electron chi connectivity index (χ0n) is 11.6. The number of hydrogen-bond acceptors (Lipinski definition) is 2. The molecule has 18 heavy (non-hydrogen) atoms. The van der Waals surface area contributed by atoms with Gasteiger partial charge in [0.15, 0.2) is 0 Å². The molecule has 0 saturated heterocycles. The Bertz CT molecular complexity index is 433.